The lowest BCUT2D eigenvalue weighted by Gasteiger charge is -2.21. The lowest BCUT2D eigenvalue weighted by Crippen LogP contribution is -2.49. The highest BCUT2D eigenvalue weighted by Gasteiger charge is 2.21. The number of hydrogen-bond acceptors (Lipinski definition) is 10. The molecule has 0 bridgehead atoms. The monoisotopic (exact) mass is 518 g/mol. The van der Waals surface area contributed by atoms with Gasteiger partial charge in [0.05, 0.1) is 26.2 Å². The zero-order chi connectivity index (χ0) is 27.7. The van der Waals surface area contributed by atoms with Crippen LogP contribution < -0.4 is 32.7 Å². The fourth-order valence-electron chi connectivity index (χ4n) is 2.37. The van der Waals surface area contributed by atoms with Gasteiger partial charge in [0.15, 0.2) is 0 Å². The van der Waals surface area contributed by atoms with Crippen molar-refractivity contribution >= 4 is 47.4 Å². The average Bonchev–Trinajstić information content (AvgIpc) is 2.81. The van der Waals surface area contributed by atoms with E-state index < -0.39 is 86.7 Å². The molecular weight excluding hydrogens is 488 g/mol. The molecule has 0 rings (SSSR count). The van der Waals surface area contributed by atoms with Crippen molar-refractivity contribution in [2.45, 2.75) is 0 Å². The second kappa shape index (κ2) is 17.2. The number of amides is 6. The van der Waals surface area contributed by atoms with Gasteiger partial charge in [-0.15, -0.1) is 0 Å². The van der Waals surface area contributed by atoms with E-state index in [-0.39, 0.29) is 26.2 Å². The predicted molar refractivity (Wildman–Crippen MR) is 119 cm³/mol. The molecule has 36 heavy (non-hydrogen) atoms. The molecule has 202 valence electrons. The third-order valence-corrected chi connectivity index (χ3v) is 4.04. The Labute approximate surface area is 204 Å². The summed E-state index contributed by atoms with van der Waals surface area (Å²) in [4.78, 5) is 93.7. The van der Waals surface area contributed by atoms with E-state index in [2.05, 4.69) is 21.3 Å². The molecule has 0 radical (unpaired) electrons. The van der Waals surface area contributed by atoms with Crippen molar-refractivity contribution in [1.29, 1.82) is 0 Å². The van der Waals surface area contributed by atoms with Gasteiger partial charge in [-0.3, -0.25) is 38.4 Å². The van der Waals surface area contributed by atoms with Crippen LogP contribution >= 0.6 is 0 Å². The summed E-state index contributed by atoms with van der Waals surface area (Å²) < 4.78 is 0. The first-order chi connectivity index (χ1) is 16.9. The number of carboxylic acids is 2. The molecular formula is C18H30N8O10. The van der Waals surface area contributed by atoms with Gasteiger partial charge < -0.3 is 52.7 Å². The molecule has 0 aliphatic rings. The van der Waals surface area contributed by atoms with Crippen molar-refractivity contribution in [3.05, 3.63) is 0 Å². The fourth-order valence-corrected chi connectivity index (χ4v) is 2.37. The number of nitrogens with zero attached hydrogens (tertiary/aromatic N) is 2. The SMILES string of the molecule is NCC(=O)NCC(=O)N(CC(=O)O)CC(=O)NCCNC(=O)CN(CC(=O)O)C(=O)CNC(=O)CN. The predicted octanol–water partition coefficient (Wildman–Crippen LogP) is -6.81. The molecule has 0 unspecified atom stereocenters. The van der Waals surface area contributed by atoms with Crippen LogP contribution in [-0.4, -0.2) is 133 Å². The highest BCUT2D eigenvalue weighted by atomic mass is 16.4. The third kappa shape index (κ3) is 14.8. The van der Waals surface area contributed by atoms with Crippen molar-refractivity contribution in [3.63, 3.8) is 0 Å². The highest BCUT2D eigenvalue weighted by molar-refractivity contribution is 5.91. The minimum absolute atomic E-state index is 0.150. The number of nitrogens with one attached hydrogen (secondary N) is 4. The number of carboxylic acid groups (broad SMARTS) is 2. The van der Waals surface area contributed by atoms with Crippen LogP contribution in [0.4, 0.5) is 0 Å². The molecule has 10 N–H and O–H groups in total. The summed E-state index contributed by atoms with van der Waals surface area (Å²) in [5.41, 5.74) is 10.2. The molecule has 18 heteroatoms. The van der Waals surface area contributed by atoms with E-state index >= 15 is 0 Å². The molecule has 0 aliphatic heterocycles. The van der Waals surface area contributed by atoms with Crippen LogP contribution in [0.25, 0.3) is 0 Å². The van der Waals surface area contributed by atoms with Crippen LogP contribution in [0.3, 0.4) is 0 Å². The molecule has 0 aromatic carbocycles. The number of nitrogens with two attached hydrogens (primary N) is 2. The zero-order valence-electron chi connectivity index (χ0n) is 19.3. The molecule has 0 saturated carbocycles. The van der Waals surface area contributed by atoms with E-state index in [0.717, 1.165) is 0 Å². The van der Waals surface area contributed by atoms with E-state index in [1.54, 1.807) is 0 Å². The van der Waals surface area contributed by atoms with Crippen LogP contribution in [0.1, 0.15) is 0 Å². The minimum atomic E-state index is -1.39. The molecule has 0 atom stereocenters. The first-order valence-corrected chi connectivity index (χ1v) is 10.4. The Hall–Kier alpha value is -4.32. The number of aliphatic carboxylic acids is 2. The first-order valence-electron chi connectivity index (χ1n) is 10.4. The van der Waals surface area contributed by atoms with E-state index in [1.807, 2.05) is 0 Å². The Bertz CT molecular complexity index is 782. The van der Waals surface area contributed by atoms with Crippen LogP contribution in [0.15, 0.2) is 0 Å². The number of carbonyl (C=O) groups excluding carboxylic acids is 6. The second-order valence-corrected chi connectivity index (χ2v) is 6.95. The Morgan fingerprint density at radius 2 is 0.861 bits per heavy atom. The number of rotatable bonds is 17. The molecule has 6 amide bonds. The lowest BCUT2D eigenvalue weighted by molar-refractivity contribution is -0.146. The van der Waals surface area contributed by atoms with Crippen molar-refractivity contribution in [1.82, 2.24) is 31.1 Å². The molecule has 0 aliphatic carbocycles. The van der Waals surface area contributed by atoms with Gasteiger partial charge in [0.2, 0.25) is 35.4 Å². The van der Waals surface area contributed by atoms with Gasteiger partial charge in [-0.05, 0) is 0 Å². The van der Waals surface area contributed by atoms with E-state index in [9.17, 15) is 38.4 Å². The van der Waals surface area contributed by atoms with Gasteiger partial charge in [-0.2, -0.15) is 0 Å². The maximum Gasteiger partial charge on any atom is 0.323 e. The van der Waals surface area contributed by atoms with Crippen LogP contribution in [-0.2, 0) is 38.4 Å². The van der Waals surface area contributed by atoms with Gasteiger partial charge in [-0.25, -0.2) is 0 Å². The first kappa shape index (κ1) is 31.7. The van der Waals surface area contributed by atoms with Crippen LogP contribution in [0, 0.1) is 0 Å². The molecule has 0 aromatic heterocycles. The second-order valence-electron chi connectivity index (χ2n) is 6.95. The molecule has 0 spiro atoms. The minimum Gasteiger partial charge on any atom is -0.480 e. The summed E-state index contributed by atoms with van der Waals surface area (Å²) >= 11 is 0. The van der Waals surface area contributed by atoms with Crippen LogP contribution in [0.2, 0.25) is 0 Å². The summed E-state index contributed by atoms with van der Waals surface area (Å²) in [6.45, 7) is -5.09. The van der Waals surface area contributed by atoms with Gasteiger partial charge in [0, 0.05) is 13.1 Å². The standard InChI is InChI=1S/C18H30N8O10/c19-3-11(27)23-5-15(31)25(9-17(33)34)7-13(29)21-1-2-22-14(30)8-26(10-18(35)36)16(32)6-24-12(28)4-20/h1-10,19-20H2,(H,21,29)(H,22,30)(H,23,27)(H,24,28)(H,33,34)(H,35,36). The van der Waals surface area contributed by atoms with Crippen molar-refractivity contribution < 1.29 is 48.6 Å². The van der Waals surface area contributed by atoms with Crippen LogP contribution in [0.5, 0.6) is 0 Å². The molecule has 18 nitrogen and oxygen atoms in total. The maximum atomic E-state index is 12.1. The Morgan fingerprint density at radius 1 is 0.528 bits per heavy atom. The van der Waals surface area contributed by atoms with E-state index in [4.69, 9.17) is 21.7 Å². The highest BCUT2D eigenvalue weighted by Crippen LogP contribution is 1.92. The quantitative estimate of drug-likeness (QED) is 0.0834. The number of carbonyl (C=O) groups is 8. The van der Waals surface area contributed by atoms with Crippen molar-refractivity contribution in [2.24, 2.45) is 11.5 Å². The topological polar surface area (TPSA) is 284 Å². The molecule has 0 aromatic rings. The maximum absolute atomic E-state index is 12.1. The van der Waals surface area contributed by atoms with Gasteiger partial charge in [-0.1, -0.05) is 0 Å². The van der Waals surface area contributed by atoms with Gasteiger partial charge in [0.25, 0.3) is 0 Å². The van der Waals surface area contributed by atoms with Crippen molar-refractivity contribution in [3.8, 4) is 0 Å². The third-order valence-electron chi connectivity index (χ3n) is 4.04. The molecule has 0 fully saturated rings. The normalized spacial score (nSPS) is 9.94. The average molecular weight is 518 g/mol. The van der Waals surface area contributed by atoms with Gasteiger partial charge >= 0.3 is 11.9 Å². The zero-order valence-corrected chi connectivity index (χ0v) is 19.3. The summed E-state index contributed by atoms with van der Waals surface area (Å²) in [6, 6.07) is 0. The summed E-state index contributed by atoms with van der Waals surface area (Å²) in [7, 11) is 0. The van der Waals surface area contributed by atoms with Gasteiger partial charge in [0.1, 0.15) is 26.2 Å². The molecule has 0 heterocycles. The lowest BCUT2D eigenvalue weighted by atomic mass is 10.4. The van der Waals surface area contributed by atoms with E-state index in [1.165, 1.54) is 0 Å². The molecule has 0 saturated heterocycles. The Kier molecular flexibility index (Phi) is 15.1. The Balaban J connectivity index is 4.63. The Morgan fingerprint density at radius 3 is 1.14 bits per heavy atom. The smallest absolute Gasteiger partial charge is 0.323 e. The fraction of sp³-hybridized carbons (Fsp3) is 0.556. The summed E-state index contributed by atoms with van der Waals surface area (Å²) in [6.07, 6.45) is 0. The largest absolute Gasteiger partial charge is 0.480 e. The van der Waals surface area contributed by atoms with Crippen molar-refractivity contribution in [2.75, 3.05) is 65.4 Å². The number of hydrogen-bond donors (Lipinski definition) is 8. The summed E-state index contributed by atoms with van der Waals surface area (Å²) in [5.74, 6) is -7.29. The summed E-state index contributed by atoms with van der Waals surface area (Å²) in [5, 5.41) is 26.8. The van der Waals surface area contributed by atoms with E-state index in [0.29, 0.717) is 9.80 Å².